The van der Waals surface area contributed by atoms with Crippen LogP contribution in [0.4, 0.5) is 4.79 Å². The van der Waals surface area contributed by atoms with Gasteiger partial charge in [-0.2, -0.15) is 0 Å². The summed E-state index contributed by atoms with van der Waals surface area (Å²) in [6.07, 6.45) is 0.806. The lowest BCUT2D eigenvalue weighted by Gasteiger charge is -2.10. The molecule has 0 saturated heterocycles. The van der Waals surface area contributed by atoms with E-state index in [-0.39, 0.29) is 5.75 Å². The van der Waals surface area contributed by atoms with Crippen molar-refractivity contribution in [3.05, 3.63) is 64.6 Å². The number of hydrogen-bond acceptors (Lipinski definition) is 5. The average Bonchev–Trinajstić information content (AvgIpc) is 3.14. The van der Waals surface area contributed by atoms with Crippen molar-refractivity contribution in [1.82, 2.24) is 25.4 Å². The van der Waals surface area contributed by atoms with E-state index in [1.165, 1.54) is 24.4 Å². The van der Waals surface area contributed by atoms with Gasteiger partial charge in [0.15, 0.2) is 11.0 Å². The van der Waals surface area contributed by atoms with E-state index in [2.05, 4.69) is 48.9 Å². The second-order valence-electron chi connectivity index (χ2n) is 6.12. The minimum atomic E-state index is -0.531. The number of halogens is 1. The molecule has 0 fully saturated rings. The summed E-state index contributed by atoms with van der Waals surface area (Å²) in [4.78, 5) is 23.2. The summed E-state index contributed by atoms with van der Waals surface area (Å²) in [5, 5.41) is 13.9. The Morgan fingerprint density at radius 1 is 1.07 bits per heavy atom. The third kappa shape index (κ3) is 5.91. The molecule has 0 saturated carbocycles. The number of benzene rings is 2. The Labute approximate surface area is 181 Å². The van der Waals surface area contributed by atoms with Gasteiger partial charge >= 0.3 is 6.03 Å². The first kappa shape index (κ1) is 21.1. The lowest BCUT2D eigenvalue weighted by molar-refractivity contribution is -0.117. The number of nitrogens with one attached hydrogen (secondary N) is 2. The van der Waals surface area contributed by atoms with Crippen molar-refractivity contribution in [2.24, 2.45) is 0 Å². The Hall–Kier alpha value is -2.65. The van der Waals surface area contributed by atoms with Crippen LogP contribution < -0.4 is 10.6 Å². The molecule has 0 atom stereocenters. The van der Waals surface area contributed by atoms with E-state index in [0.29, 0.717) is 11.7 Å². The molecular weight excluding hydrogens is 454 g/mol. The molecule has 0 unspecified atom stereocenters. The van der Waals surface area contributed by atoms with Crippen LogP contribution in [-0.2, 0) is 17.8 Å². The van der Waals surface area contributed by atoms with Crippen LogP contribution in [0.1, 0.15) is 5.56 Å². The second kappa shape index (κ2) is 10.2. The Kier molecular flexibility index (Phi) is 7.42. The number of carbonyl (C=O) groups excluding carboxylic acids is 2. The summed E-state index contributed by atoms with van der Waals surface area (Å²) in [5.74, 6) is 0.414. The number of aromatic nitrogens is 3. The van der Waals surface area contributed by atoms with Gasteiger partial charge in [-0.25, -0.2) is 4.79 Å². The normalized spacial score (nSPS) is 10.6. The Morgan fingerprint density at radius 3 is 2.48 bits per heavy atom. The van der Waals surface area contributed by atoms with E-state index in [4.69, 9.17) is 0 Å². The quantitative estimate of drug-likeness (QED) is 0.512. The summed E-state index contributed by atoms with van der Waals surface area (Å²) in [7, 11) is 1.46. The van der Waals surface area contributed by atoms with Crippen molar-refractivity contribution in [2.45, 2.75) is 18.1 Å². The summed E-state index contributed by atoms with van der Waals surface area (Å²) in [6, 6.07) is 17.5. The standard InChI is InChI=1S/C20H20BrN5O2S/c1-22-19(28)23-17(27)13-29-20-25-24-18(15-7-9-16(21)10-8-15)26(20)12-11-14-5-3-2-4-6-14/h2-10H,11-13H2,1H3,(H2,22,23,27,28). The van der Waals surface area contributed by atoms with Crippen molar-refractivity contribution in [3.63, 3.8) is 0 Å². The molecule has 9 heteroatoms. The fourth-order valence-corrected chi connectivity index (χ4v) is 3.68. The first-order valence-electron chi connectivity index (χ1n) is 8.94. The average molecular weight is 474 g/mol. The van der Waals surface area contributed by atoms with Crippen LogP contribution in [0.25, 0.3) is 11.4 Å². The van der Waals surface area contributed by atoms with E-state index >= 15 is 0 Å². The fourth-order valence-electron chi connectivity index (χ4n) is 2.65. The van der Waals surface area contributed by atoms with Gasteiger partial charge in [0.05, 0.1) is 5.75 Å². The lowest BCUT2D eigenvalue weighted by Crippen LogP contribution is -2.38. The molecular formula is C20H20BrN5O2S. The molecule has 0 aliphatic carbocycles. The summed E-state index contributed by atoms with van der Waals surface area (Å²) < 4.78 is 2.99. The first-order chi connectivity index (χ1) is 14.1. The molecule has 7 nitrogen and oxygen atoms in total. The Balaban J connectivity index is 1.80. The van der Waals surface area contributed by atoms with Crippen molar-refractivity contribution in [1.29, 1.82) is 0 Å². The molecule has 1 heterocycles. The zero-order chi connectivity index (χ0) is 20.6. The van der Waals surface area contributed by atoms with Crippen LogP contribution in [0.15, 0.2) is 64.2 Å². The van der Waals surface area contributed by atoms with Crippen LogP contribution in [0, 0.1) is 0 Å². The molecule has 2 aromatic carbocycles. The second-order valence-corrected chi connectivity index (χ2v) is 7.97. The lowest BCUT2D eigenvalue weighted by atomic mass is 10.1. The minimum absolute atomic E-state index is 0.0667. The van der Waals surface area contributed by atoms with Crippen molar-refractivity contribution < 1.29 is 9.59 Å². The van der Waals surface area contributed by atoms with E-state index in [0.717, 1.165) is 22.3 Å². The predicted molar refractivity (Wildman–Crippen MR) is 117 cm³/mol. The first-order valence-corrected chi connectivity index (χ1v) is 10.7. The van der Waals surface area contributed by atoms with Crippen LogP contribution in [-0.4, -0.2) is 39.5 Å². The zero-order valence-corrected chi connectivity index (χ0v) is 18.2. The van der Waals surface area contributed by atoms with Gasteiger partial charge in [-0.3, -0.25) is 10.1 Å². The highest BCUT2D eigenvalue weighted by atomic mass is 79.9. The summed E-state index contributed by atoms with van der Waals surface area (Å²) in [5.41, 5.74) is 2.15. The highest BCUT2D eigenvalue weighted by molar-refractivity contribution is 9.10. The third-order valence-electron chi connectivity index (χ3n) is 4.10. The van der Waals surface area contributed by atoms with Crippen molar-refractivity contribution >= 4 is 39.6 Å². The van der Waals surface area contributed by atoms with Gasteiger partial charge in [0, 0.05) is 23.6 Å². The maximum Gasteiger partial charge on any atom is 0.321 e. The number of amides is 3. The Morgan fingerprint density at radius 2 is 1.79 bits per heavy atom. The van der Waals surface area contributed by atoms with E-state index in [9.17, 15) is 9.59 Å². The number of aryl methyl sites for hydroxylation is 1. The highest BCUT2D eigenvalue weighted by Crippen LogP contribution is 2.25. The number of carbonyl (C=O) groups is 2. The topological polar surface area (TPSA) is 88.9 Å². The molecule has 3 amide bonds. The van der Waals surface area contributed by atoms with Gasteiger partial charge in [-0.1, -0.05) is 70.2 Å². The molecule has 0 radical (unpaired) electrons. The minimum Gasteiger partial charge on any atom is -0.341 e. The molecule has 150 valence electrons. The van der Waals surface area contributed by atoms with Gasteiger partial charge in [-0.05, 0) is 24.1 Å². The molecule has 3 rings (SSSR count). The number of thioether (sulfide) groups is 1. The van der Waals surface area contributed by atoms with Gasteiger partial charge in [0.25, 0.3) is 0 Å². The number of hydrogen-bond donors (Lipinski definition) is 2. The van der Waals surface area contributed by atoms with Gasteiger partial charge in [0.1, 0.15) is 0 Å². The largest absolute Gasteiger partial charge is 0.341 e. The summed E-state index contributed by atoms with van der Waals surface area (Å²) >= 11 is 4.69. The van der Waals surface area contributed by atoms with Crippen LogP contribution >= 0.6 is 27.7 Å². The number of nitrogens with zero attached hydrogens (tertiary/aromatic N) is 3. The number of imide groups is 1. The van der Waals surface area contributed by atoms with Crippen LogP contribution in [0.3, 0.4) is 0 Å². The number of rotatable bonds is 7. The van der Waals surface area contributed by atoms with E-state index in [1.54, 1.807) is 0 Å². The number of urea groups is 1. The van der Waals surface area contributed by atoms with Crippen LogP contribution in [0.5, 0.6) is 0 Å². The van der Waals surface area contributed by atoms with Crippen LogP contribution in [0.2, 0.25) is 0 Å². The Bertz CT molecular complexity index is 976. The molecule has 29 heavy (non-hydrogen) atoms. The molecule has 0 aliphatic heterocycles. The molecule has 1 aromatic heterocycles. The van der Waals surface area contributed by atoms with Gasteiger partial charge in [0.2, 0.25) is 5.91 Å². The molecule has 0 spiro atoms. The monoisotopic (exact) mass is 473 g/mol. The maximum absolute atomic E-state index is 11.9. The highest BCUT2D eigenvalue weighted by Gasteiger charge is 2.16. The third-order valence-corrected chi connectivity index (χ3v) is 5.59. The molecule has 3 aromatic rings. The molecule has 2 N–H and O–H groups in total. The van der Waals surface area contributed by atoms with E-state index in [1.807, 2.05) is 47.0 Å². The fraction of sp³-hybridized carbons (Fsp3) is 0.200. The van der Waals surface area contributed by atoms with Crippen molar-refractivity contribution in [2.75, 3.05) is 12.8 Å². The van der Waals surface area contributed by atoms with Gasteiger partial charge < -0.3 is 9.88 Å². The smallest absolute Gasteiger partial charge is 0.321 e. The van der Waals surface area contributed by atoms with Gasteiger partial charge in [-0.15, -0.1) is 10.2 Å². The predicted octanol–water partition coefficient (Wildman–Crippen LogP) is 3.50. The van der Waals surface area contributed by atoms with E-state index < -0.39 is 11.9 Å². The van der Waals surface area contributed by atoms with Crippen molar-refractivity contribution in [3.8, 4) is 11.4 Å². The summed E-state index contributed by atoms with van der Waals surface area (Å²) in [6.45, 7) is 0.668. The zero-order valence-electron chi connectivity index (χ0n) is 15.8. The molecule has 0 bridgehead atoms. The molecule has 0 aliphatic rings. The SMILES string of the molecule is CNC(=O)NC(=O)CSc1nnc(-c2ccc(Br)cc2)n1CCc1ccccc1. The maximum atomic E-state index is 11.9.